The maximum Gasteiger partial charge on any atom is 0.150 e. The normalized spacial score (nSPS) is 11.4. The molecule has 0 fully saturated rings. The highest BCUT2D eigenvalue weighted by Gasteiger charge is 2.14. The Balaban J connectivity index is 2.17. The zero-order valence-corrected chi connectivity index (χ0v) is 12.3. The van der Waals surface area contributed by atoms with Crippen LogP contribution >= 0.6 is 34.5 Å². The molecule has 3 rings (SSSR count). The Bertz CT molecular complexity index is 724. The summed E-state index contributed by atoms with van der Waals surface area (Å²) in [6.07, 6.45) is 0. The van der Waals surface area contributed by atoms with E-state index in [9.17, 15) is 0 Å². The zero-order chi connectivity index (χ0) is 13.6. The third kappa shape index (κ3) is 2.23. The van der Waals surface area contributed by atoms with E-state index in [0.717, 1.165) is 32.4 Å². The molecule has 0 aliphatic carbocycles. The number of benzene rings is 1. The molecular weight excluding hydrogens is 303 g/mol. The standard InChI is InChI=1S/C12H10Cl2N4S/c1-5-11(19-10(4-15)16-5)12-17-8-2-6(13)7(14)3-9(8)18-12/h2-3H,4,15H2,1H3,(H,17,18). The van der Waals surface area contributed by atoms with Crippen LogP contribution in [0.3, 0.4) is 0 Å². The van der Waals surface area contributed by atoms with Crippen LogP contribution in [0.25, 0.3) is 21.7 Å². The lowest BCUT2D eigenvalue weighted by Gasteiger charge is -1.93. The van der Waals surface area contributed by atoms with Gasteiger partial charge in [-0.05, 0) is 19.1 Å². The average molecular weight is 313 g/mol. The lowest BCUT2D eigenvalue weighted by molar-refractivity contribution is 1.02. The second kappa shape index (κ2) is 4.76. The van der Waals surface area contributed by atoms with Crippen LogP contribution < -0.4 is 5.73 Å². The van der Waals surface area contributed by atoms with Gasteiger partial charge in [0.1, 0.15) is 5.01 Å². The minimum Gasteiger partial charge on any atom is -0.337 e. The van der Waals surface area contributed by atoms with Gasteiger partial charge in [0.2, 0.25) is 0 Å². The first-order chi connectivity index (χ1) is 9.08. The van der Waals surface area contributed by atoms with Crippen molar-refractivity contribution in [1.82, 2.24) is 15.0 Å². The fourth-order valence-electron chi connectivity index (χ4n) is 1.87. The monoisotopic (exact) mass is 312 g/mol. The number of aromatic amines is 1. The quantitative estimate of drug-likeness (QED) is 0.757. The average Bonchev–Trinajstić information content (AvgIpc) is 2.93. The van der Waals surface area contributed by atoms with E-state index < -0.39 is 0 Å². The fraction of sp³-hybridized carbons (Fsp3) is 0.167. The SMILES string of the molecule is Cc1nc(CN)sc1-c1nc2cc(Cl)c(Cl)cc2[nH]1. The molecule has 0 saturated heterocycles. The highest BCUT2D eigenvalue weighted by molar-refractivity contribution is 7.15. The number of nitrogens with zero attached hydrogens (tertiary/aromatic N) is 2. The van der Waals surface area contributed by atoms with Crippen LogP contribution in [0, 0.1) is 6.92 Å². The first-order valence-corrected chi connectivity index (χ1v) is 7.17. The third-order valence-electron chi connectivity index (χ3n) is 2.75. The van der Waals surface area contributed by atoms with E-state index in [4.69, 9.17) is 28.9 Å². The van der Waals surface area contributed by atoms with Crippen molar-refractivity contribution in [2.24, 2.45) is 5.73 Å². The number of halogens is 2. The number of thiazole rings is 1. The second-order valence-electron chi connectivity index (χ2n) is 4.10. The minimum atomic E-state index is 0.434. The summed E-state index contributed by atoms with van der Waals surface area (Å²) in [7, 11) is 0. The first kappa shape index (κ1) is 12.9. The molecule has 7 heteroatoms. The smallest absolute Gasteiger partial charge is 0.150 e. The van der Waals surface area contributed by atoms with Gasteiger partial charge in [0, 0.05) is 6.54 Å². The van der Waals surface area contributed by atoms with E-state index in [0.29, 0.717) is 16.6 Å². The lowest BCUT2D eigenvalue weighted by Crippen LogP contribution is -1.94. The molecule has 0 spiro atoms. The van der Waals surface area contributed by atoms with Crippen LogP contribution in [-0.4, -0.2) is 15.0 Å². The van der Waals surface area contributed by atoms with E-state index in [1.165, 1.54) is 0 Å². The van der Waals surface area contributed by atoms with Gasteiger partial charge in [0.05, 0.1) is 31.6 Å². The van der Waals surface area contributed by atoms with Crippen molar-refractivity contribution in [3.05, 3.63) is 32.9 Å². The summed E-state index contributed by atoms with van der Waals surface area (Å²) in [5.41, 5.74) is 8.16. The van der Waals surface area contributed by atoms with Crippen LogP contribution in [0.1, 0.15) is 10.7 Å². The highest BCUT2D eigenvalue weighted by Crippen LogP contribution is 2.32. The predicted octanol–water partition coefficient (Wildman–Crippen LogP) is 3.76. The van der Waals surface area contributed by atoms with Gasteiger partial charge in [-0.2, -0.15) is 0 Å². The van der Waals surface area contributed by atoms with Crippen molar-refractivity contribution in [3.63, 3.8) is 0 Å². The van der Waals surface area contributed by atoms with Crippen LogP contribution in [0.15, 0.2) is 12.1 Å². The molecule has 98 valence electrons. The van der Waals surface area contributed by atoms with Crippen molar-refractivity contribution < 1.29 is 0 Å². The second-order valence-corrected chi connectivity index (χ2v) is 5.99. The summed E-state index contributed by atoms with van der Waals surface area (Å²) in [6, 6.07) is 3.52. The molecule has 0 aliphatic heterocycles. The molecule has 4 nitrogen and oxygen atoms in total. The fourth-order valence-corrected chi connectivity index (χ4v) is 3.08. The summed E-state index contributed by atoms with van der Waals surface area (Å²) in [6.45, 7) is 2.38. The van der Waals surface area contributed by atoms with Crippen LogP contribution in [0.5, 0.6) is 0 Å². The molecule has 1 aromatic carbocycles. The van der Waals surface area contributed by atoms with Gasteiger partial charge in [-0.25, -0.2) is 9.97 Å². The first-order valence-electron chi connectivity index (χ1n) is 5.60. The summed E-state index contributed by atoms with van der Waals surface area (Å²) >= 11 is 13.5. The number of hydrogen-bond donors (Lipinski definition) is 2. The molecule has 3 N–H and O–H groups in total. The molecule has 0 amide bonds. The molecule has 19 heavy (non-hydrogen) atoms. The number of rotatable bonds is 2. The van der Waals surface area contributed by atoms with E-state index in [1.54, 1.807) is 23.5 Å². The Hall–Kier alpha value is -1.14. The van der Waals surface area contributed by atoms with Gasteiger partial charge in [0.25, 0.3) is 0 Å². The lowest BCUT2D eigenvalue weighted by atomic mass is 10.3. The van der Waals surface area contributed by atoms with Crippen LogP contribution in [0.2, 0.25) is 10.0 Å². The number of imidazole rings is 1. The number of nitrogens with one attached hydrogen (secondary N) is 1. The molecule has 0 atom stereocenters. The van der Waals surface area contributed by atoms with E-state index in [-0.39, 0.29) is 0 Å². The van der Waals surface area contributed by atoms with E-state index in [2.05, 4.69) is 15.0 Å². The Morgan fingerprint density at radius 2 is 2.00 bits per heavy atom. The van der Waals surface area contributed by atoms with Crippen molar-refractivity contribution in [2.75, 3.05) is 0 Å². The van der Waals surface area contributed by atoms with Crippen molar-refractivity contribution in [1.29, 1.82) is 0 Å². The summed E-state index contributed by atoms with van der Waals surface area (Å²) in [5.74, 6) is 0.767. The van der Waals surface area contributed by atoms with Gasteiger partial charge < -0.3 is 10.7 Å². The molecule has 2 aromatic heterocycles. The number of H-pyrrole nitrogens is 1. The molecule has 0 aliphatic rings. The molecule has 2 heterocycles. The van der Waals surface area contributed by atoms with E-state index in [1.807, 2.05) is 6.92 Å². The maximum absolute atomic E-state index is 5.99. The minimum absolute atomic E-state index is 0.434. The van der Waals surface area contributed by atoms with Crippen molar-refractivity contribution >= 4 is 45.6 Å². The molecule has 3 aromatic rings. The predicted molar refractivity (Wildman–Crippen MR) is 79.9 cm³/mol. The Morgan fingerprint density at radius 3 is 2.68 bits per heavy atom. The van der Waals surface area contributed by atoms with Gasteiger partial charge in [0.15, 0.2) is 5.82 Å². The molecule has 0 saturated carbocycles. The maximum atomic E-state index is 5.99. The van der Waals surface area contributed by atoms with E-state index >= 15 is 0 Å². The van der Waals surface area contributed by atoms with Crippen molar-refractivity contribution in [3.8, 4) is 10.7 Å². The van der Waals surface area contributed by atoms with Gasteiger partial charge in [-0.15, -0.1) is 11.3 Å². The van der Waals surface area contributed by atoms with Crippen molar-refractivity contribution in [2.45, 2.75) is 13.5 Å². The largest absolute Gasteiger partial charge is 0.337 e. The number of nitrogens with two attached hydrogens (primary N) is 1. The Kier molecular flexibility index (Phi) is 3.22. The third-order valence-corrected chi connectivity index (χ3v) is 4.66. The number of hydrogen-bond acceptors (Lipinski definition) is 4. The van der Waals surface area contributed by atoms with Crippen LogP contribution in [0.4, 0.5) is 0 Å². The molecule has 0 unspecified atom stereocenters. The molecule has 0 bridgehead atoms. The molecule has 0 radical (unpaired) electrons. The van der Waals surface area contributed by atoms with Gasteiger partial charge >= 0.3 is 0 Å². The van der Waals surface area contributed by atoms with Gasteiger partial charge in [-0.1, -0.05) is 23.2 Å². The Morgan fingerprint density at radius 1 is 1.26 bits per heavy atom. The molecular formula is C12H10Cl2N4S. The topological polar surface area (TPSA) is 67.6 Å². The number of fused-ring (bicyclic) bond motifs is 1. The van der Waals surface area contributed by atoms with Crippen LogP contribution in [-0.2, 0) is 6.54 Å². The zero-order valence-electron chi connectivity index (χ0n) is 10.00. The van der Waals surface area contributed by atoms with Gasteiger partial charge in [-0.3, -0.25) is 0 Å². The summed E-state index contributed by atoms with van der Waals surface area (Å²) < 4.78 is 0. The highest BCUT2D eigenvalue weighted by atomic mass is 35.5. The number of aromatic nitrogens is 3. The Labute approximate surface area is 123 Å². The summed E-state index contributed by atoms with van der Waals surface area (Å²) in [5, 5.41) is 1.90. The number of aryl methyl sites for hydroxylation is 1. The summed E-state index contributed by atoms with van der Waals surface area (Å²) in [4.78, 5) is 13.1.